The summed E-state index contributed by atoms with van der Waals surface area (Å²) in [4.78, 5) is 22.9. The molecule has 0 spiro atoms. The van der Waals surface area contributed by atoms with Crippen LogP contribution < -0.4 is 5.32 Å². The van der Waals surface area contributed by atoms with Gasteiger partial charge in [0.1, 0.15) is 0 Å². The third-order valence-electron chi connectivity index (χ3n) is 3.47. The smallest absolute Gasteiger partial charge is 0.305 e. The zero-order chi connectivity index (χ0) is 17.1. The second kappa shape index (κ2) is 12.0. The van der Waals surface area contributed by atoms with Crippen LogP contribution in [-0.2, 0) is 14.3 Å². The van der Waals surface area contributed by atoms with E-state index in [-0.39, 0.29) is 11.9 Å². The van der Waals surface area contributed by atoms with Crippen molar-refractivity contribution in [2.24, 2.45) is 0 Å². The van der Waals surface area contributed by atoms with E-state index in [1.165, 1.54) is 7.11 Å². The molecule has 0 unspecified atom stereocenters. The van der Waals surface area contributed by atoms with Crippen LogP contribution in [0.25, 0.3) is 0 Å². The summed E-state index contributed by atoms with van der Waals surface area (Å²) in [5.41, 5.74) is 0.888. The number of ether oxygens (including phenoxy) is 1. The molecule has 1 aromatic rings. The van der Waals surface area contributed by atoms with Gasteiger partial charge in [0.25, 0.3) is 0 Å². The van der Waals surface area contributed by atoms with Crippen LogP contribution in [0.15, 0.2) is 18.2 Å². The van der Waals surface area contributed by atoms with Crippen LogP contribution in [-0.4, -0.2) is 19.0 Å². The molecule has 0 bridgehead atoms. The van der Waals surface area contributed by atoms with Crippen molar-refractivity contribution >= 4 is 62.7 Å². The predicted molar refractivity (Wildman–Crippen MR) is 109 cm³/mol. The zero-order valence-electron chi connectivity index (χ0n) is 13.4. The summed E-state index contributed by atoms with van der Waals surface area (Å²) in [7, 11) is 1.42. The van der Waals surface area contributed by atoms with E-state index >= 15 is 0 Å². The molecule has 4 nitrogen and oxygen atoms in total. The fourth-order valence-electron chi connectivity index (χ4n) is 2.17. The van der Waals surface area contributed by atoms with E-state index in [4.69, 9.17) is 0 Å². The minimum absolute atomic E-state index is 0.0785. The largest absolute Gasteiger partial charge is 0.469 e. The van der Waals surface area contributed by atoms with Crippen LogP contribution in [0.1, 0.15) is 51.4 Å². The normalized spacial score (nSPS) is 10.4. The van der Waals surface area contributed by atoms with E-state index in [9.17, 15) is 9.59 Å². The van der Waals surface area contributed by atoms with E-state index in [1.807, 2.05) is 18.2 Å². The van der Waals surface area contributed by atoms with Gasteiger partial charge in [-0.25, -0.2) is 0 Å². The highest BCUT2D eigenvalue weighted by molar-refractivity contribution is 14.1. The predicted octanol–water partition coefficient (Wildman–Crippen LogP) is 5.13. The van der Waals surface area contributed by atoms with Crippen LogP contribution in [0.5, 0.6) is 0 Å². The topological polar surface area (TPSA) is 55.4 Å². The zero-order valence-corrected chi connectivity index (χ0v) is 17.7. The molecule has 0 aromatic heterocycles. The molecule has 0 heterocycles. The Kier molecular flexibility index (Phi) is 10.8. The summed E-state index contributed by atoms with van der Waals surface area (Å²) >= 11 is 4.50. The van der Waals surface area contributed by atoms with Crippen molar-refractivity contribution in [2.45, 2.75) is 51.4 Å². The molecule has 0 fully saturated rings. The van der Waals surface area contributed by atoms with Gasteiger partial charge in [0.05, 0.1) is 12.8 Å². The molecule has 0 atom stereocenters. The Bertz CT molecular complexity index is 521. The molecule has 1 amide bonds. The van der Waals surface area contributed by atoms with Crippen molar-refractivity contribution in [1.82, 2.24) is 0 Å². The first kappa shape index (κ1) is 20.7. The van der Waals surface area contributed by atoms with Crippen molar-refractivity contribution in [2.75, 3.05) is 12.4 Å². The Balaban J connectivity index is 2.07. The van der Waals surface area contributed by atoms with Crippen LogP contribution in [0.2, 0.25) is 0 Å². The van der Waals surface area contributed by atoms with Gasteiger partial charge in [0.15, 0.2) is 0 Å². The summed E-state index contributed by atoms with van der Waals surface area (Å²) in [6.45, 7) is 0. The number of benzene rings is 1. The number of esters is 1. The molecule has 23 heavy (non-hydrogen) atoms. The molecule has 0 aliphatic carbocycles. The lowest BCUT2D eigenvalue weighted by Crippen LogP contribution is -2.12. The van der Waals surface area contributed by atoms with Crippen LogP contribution in [0.4, 0.5) is 5.69 Å². The van der Waals surface area contributed by atoms with Crippen molar-refractivity contribution in [3.05, 3.63) is 25.3 Å². The number of amides is 1. The fourth-order valence-corrected chi connectivity index (χ4v) is 3.90. The van der Waals surface area contributed by atoms with Gasteiger partial charge in [0.2, 0.25) is 5.91 Å². The third-order valence-corrected chi connectivity index (χ3v) is 5.03. The lowest BCUT2D eigenvalue weighted by Gasteiger charge is -2.08. The molecule has 1 rings (SSSR count). The van der Waals surface area contributed by atoms with E-state index in [2.05, 4.69) is 55.2 Å². The fraction of sp³-hybridized carbons (Fsp3) is 0.529. The Morgan fingerprint density at radius 1 is 1.00 bits per heavy atom. The number of carbonyl (C=O) groups is 2. The summed E-state index contributed by atoms with van der Waals surface area (Å²) < 4.78 is 6.83. The van der Waals surface area contributed by atoms with Gasteiger partial charge in [-0.1, -0.05) is 25.7 Å². The van der Waals surface area contributed by atoms with Gasteiger partial charge in [-0.3, -0.25) is 9.59 Å². The number of methoxy groups -OCH3 is 1. The monoisotopic (exact) mass is 543 g/mol. The van der Waals surface area contributed by atoms with Crippen LogP contribution in [0, 0.1) is 7.14 Å². The maximum Gasteiger partial charge on any atom is 0.305 e. The van der Waals surface area contributed by atoms with Gasteiger partial charge < -0.3 is 10.1 Å². The summed E-state index contributed by atoms with van der Waals surface area (Å²) in [6, 6.07) is 5.99. The van der Waals surface area contributed by atoms with Crippen molar-refractivity contribution in [3.63, 3.8) is 0 Å². The standard InChI is InChI=1S/C17H23I2NO3/c1-23-17(22)9-7-5-3-2-4-6-8-16(21)20-15-11-10-13(18)12-14(15)19/h10-12H,2-9H2,1H3,(H,20,21). The molecular weight excluding hydrogens is 520 g/mol. The highest BCUT2D eigenvalue weighted by atomic mass is 127. The highest BCUT2D eigenvalue weighted by Crippen LogP contribution is 2.21. The number of carbonyl (C=O) groups excluding carboxylic acids is 2. The van der Waals surface area contributed by atoms with Gasteiger partial charge in [-0.15, -0.1) is 0 Å². The lowest BCUT2D eigenvalue weighted by molar-refractivity contribution is -0.140. The molecule has 0 aliphatic rings. The third kappa shape index (κ3) is 9.49. The molecule has 0 radical (unpaired) electrons. The molecule has 1 aromatic carbocycles. The van der Waals surface area contributed by atoms with Crippen LogP contribution in [0.3, 0.4) is 0 Å². The Hall–Kier alpha value is -0.380. The van der Waals surface area contributed by atoms with Gasteiger partial charge in [0, 0.05) is 20.0 Å². The molecule has 0 saturated heterocycles. The first-order valence-electron chi connectivity index (χ1n) is 7.84. The highest BCUT2D eigenvalue weighted by Gasteiger charge is 2.06. The Labute approximate surface area is 165 Å². The maximum atomic E-state index is 11.9. The molecule has 0 aliphatic heterocycles. The van der Waals surface area contributed by atoms with Crippen molar-refractivity contribution in [3.8, 4) is 0 Å². The maximum absolute atomic E-state index is 11.9. The van der Waals surface area contributed by atoms with Gasteiger partial charge >= 0.3 is 5.97 Å². The number of hydrogen-bond acceptors (Lipinski definition) is 3. The number of rotatable bonds is 10. The van der Waals surface area contributed by atoms with Crippen LogP contribution >= 0.6 is 45.2 Å². The Morgan fingerprint density at radius 3 is 2.22 bits per heavy atom. The number of halogens is 2. The summed E-state index contributed by atoms with van der Waals surface area (Å²) in [6.07, 6.45) is 7.17. The SMILES string of the molecule is COC(=O)CCCCCCCCC(=O)Nc1ccc(I)cc1I. The number of unbranched alkanes of at least 4 members (excludes halogenated alkanes) is 5. The average molecular weight is 543 g/mol. The minimum atomic E-state index is -0.132. The van der Waals surface area contributed by atoms with Crippen molar-refractivity contribution in [1.29, 1.82) is 0 Å². The van der Waals surface area contributed by atoms with E-state index in [0.717, 1.165) is 51.4 Å². The second-order valence-electron chi connectivity index (χ2n) is 5.37. The first-order valence-corrected chi connectivity index (χ1v) is 10.0. The van der Waals surface area contributed by atoms with Gasteiger partial charge in [-0.05, 0) is 76.2 Å². The summed E-state index contributed by atoms with van der Waals surface area (Å²) in [5.74, 6) is -0.0540. The minimum Gasteiger partial charge on any atom is -0.469 e. The number of anilines is 1. The molecule has 6 heteroatoms. The lowest BCUT2D eigenvalue weighted by atomic mass is 10.1. The Morgan fingerprint density at radius 2 is 1.61 bits per heavy atom. The second-order valence-corrected chi connectivity index (χ2v) is 7.78. The quantitative estimate of drug-likeness (QED) is 0.253. The first-order chi connectivity index (χ1) is 11.0. The number of nitrogens with one attached hydrogen (secondary N) is 1. The average Bonchev–Trinajstić information content (AvgIpc) is 2.52. The summed E-state index contributed by atoms with van der Waals surface area (Å²) in [5, 5.41) is 2.97. The van der Waals surface area contributed by atoms with E-state index in [0.29, 0.717) is 12.8 Å². The van der Waals surface area contributed by atoms with E-state index in [1.54, 1.807) is 0 Å². The van der Waals surface area contributed by atoms with Crippen molar-refractivity contribution < 1.29 is 14.3 Å². The van der Waals surface area contributed by atoms with E-state index < -0.39 is 0 Å². The number of hydrogen-bond donors (Lipinski definition) is 1. The molecule has 1 N–H and O–H groups in total. The van der Waals surface area contributed by atoms with Gasteiger partial charge in [-0.2, -0.15) is 0 Å². The molecule has 0 saturated carbocycles. The molecular formula is C17H23I2NO3. The molecule has 128 valence electrons.